The number of benzene rings is 2. The van der Waals surface area contributed by atoms with Gasteiger partial charge in [-0.3, -0.25) is 0 Å². The van der Waals surface area contributed by atoms with Gasteiger partial charge in [0.15, 0.2) is 5.82 Å². The molecule has 0 radical (unpaired) electrons. The fourth-order valence-electron chi connectivity index (χ4n) is 5.06. The van der Waals surface area contributed by atoms with Crippen LogP contribution in [0.25, 0.3) is 22.6 Å². The van der Waals surface area contributed by atoms with E-state index in [9.17, 15) is 4.79 Å². The number of nitrogens with zero attached hydrogens (tertiary/aromatic N) is 4. The van der Waals surface area contributed by atoms with Crippen molar-refractivity contribution in [2.24, 2.45) is 4.99 Å². The molecule has 5 rings (SSSR count). The Morgan fingerprint density at radius 3 is 2.79 bits per heavy atom. The number of allylic oxidation sites excluding steroid dienone is 1. The largest absolute Gasteiger partial charge is 0.494 e. The Morgan fingerprint density at radius 2 is 2.03 bits per heavy atom. The number of imidazole rings is 1. The molecular weight excluding hydrogens is 544 g/mol. The molecule has 4 aromatic rings. The van der Waals surface area contributed by atoms with Gasteiger partial charge in [0.25, 0.3) is 0 Å². The molecule has 3 heterocycles. The maximum Gasteiger partial charge on any atom is 0.338 e. The lowest BCUT2D eigenvalue weighted by atomic mass is 10.1. The molecule has 0 unspecified atom stereocenters. The van der Waals surface area contributed by atoms with Crippen molar-refractivity contribution in [3.8, 4) is 17.3 Å². The van der Waals surface area contributed by atoms with E-state index in [4.69, 9.17) is 19.5 Å². The maximum absolute atomic E-state index is 12.4. The van der Waals surface area contributed by atoms with Crippen LogP contribution in [0, 0.1) is 0 Å². The molecule has 8 heteroatoms. The molecule has 2 aromatic heterocycles. The molecule has 0 fully saturated rings. The monoisotopic (exact) mass is 574 g/mol. The number of ether oxygens (including phenoxy) is 2. The van der Waals surface area contributed by atoms with E-state index in [0.717, 1.165) is 71.5 Å². The van der Waals surface area contributed by atoms with Crippen LogP contribution in [0.4, 0.5) is 5.82 Å². The van der Waals surface area contributed by atoms with Crippen molar-refractivity contribution < 1.29 is 14.3 Å². The highest BCUT2D eigenvalue weighted by molar-refractivity contribution is 9.10. The molecule has 0 amide bonds. The van der Waals surface area contributed by atoms with Crippen LogP contribution in [0.15, 0.2) is 64.6 Å². The molecule has 0 N–H and O–H groups in total. The molecule has 196 valence electrons. The standard InChI is InChI=1S/C30H31BrN4O3/c1-4-5-6-7-14-34-25(17-21-11-9-13-32-28(21)34)29-33-24-16-22(30(36)38-3)18-26(37-2)27(24)35(29)19-20-10-8-12-23(31)15-20/h4,8,10,12-13,15-18H,1,5-7,9,11,14,19H2,2-3H3. The Bertz CT molecular complexity index is 1530. The van der Waals surface area contributed by atoms with E-state index in [1.165, 1.54) is 12.7 Å². The number of hydrogen-bond donors (Lipinski definition) is 0. The van der Waals surface area contributed by atoms with Gasteiger partial charge in [-0.05, 0) is 73.6 Å². The summed E-state index contributed by atoms with van der Waals surface area (Å²) in [5.74, 6) is 1.97. The van der Waals surface area contributed by atoms with Gasteiger partial charge in [-0.1, -0.05) is 34.1 Å². The van der Waals surface area contributed by atoms with Gasteiger partial charge in [-0.15, -0.1) is 6.58 Å². The van der Waals surface area contributed by atoms with Crippen molar-refractivity contribution in [1.82, 2.24) is 14.1 Å². The van der Waals surface area contributed by atoms with Crippen molar-refractivity contribution in [2.45, 2.75) is 45.2 Å². The first kappa shape index (κ1) is 26.0. The minimum atomic E-state index is -0.427. The second kappa shape index (κ2) is 11.4. The Kier molecular flexibility index (Phi) is 7.79. The van der Waals surface area contributed by atoms with Gasteiger partial charge in [0, 0.05) is 23.8 Å². The highest BCUT2D eigenvalue weighted by Gasteiger charge is 2.25. The number of aromatic nitrogens is 3. The van der Waals surface area contributed by atoms with Crippen molar-refractivity contribution >= 4 is 45.0 Å². The Hall–Kier alpha value is -3.65. The summed E-state index contributed by atoms with van der Waals surface area (Å²) in [4.78, 5) is 22.3. The van der Waals surface area contributed by atoms with Crippen molar-refractivity contribution in [1.29, 1.82) is 0 Å². The van der Waals surface area contributed by atoms with E-state index < -0.39 is 5.97 Å². The second-order valence-electron chi connectivity index (χ2n) is 9.35. The zero-order chi connectivity index (χ0) is 26.6. The number of rotatable bonds is 10. The minimum absolute atomic E-state index is 0.402. The lowest BCUT2D eigenvalue weighted by molar-refractivity contribution is 0.0600. The summed E-state index contributed by atoms with van der Waals surface area (Å²) in [7, 11) is 2.99. The fourth-order valence-corrected chi connectivity index (χ4v) is 5.51. The topological polar surface area (TPSA) is 70.6 Å². The average Bonchev–Trinajstić information content (AvgIpc) is 3.48. The molecule has 1 aliphatic heterocycles. The number of fused-ring (bicyclic) bond motifs is 2. The number of esters is 1. The van der Waals surface area contributed by atoms with Crippen LogP contribution in [0.2, 0.25) is 0 Å². The zero-order valence-electron chi connectivity index (χ0n) is 21.7. The summed E-state index contributed by atoms with van der Waals surface area (Å²) in [6.45, 7) is 5.27. The summed E-state index contributed by atoms with van der Waals surface area (Å²) >= 11 is 3.60. The zero-order valence-corrected chi connectivity index (χ0v) is 23.3. The first-order chi connectivity index (χ1) is 18.5. The van der Waals surface area contributed by atoms with Crippen LogP contribution in [0.5, 0.6) is 5.75 Å². The molecule has 38 heavy (non-hydrogen) atoms. The molecule has 7 nitrogen and oxygen atoms in total. The van der Waals surface area contributed by atoms with Gasteiger partial charge in [-0.2, -0.15) is 0 Å². The van der Waals surface area contributed by atoms with Gasteiger partial charge in [-0.25, -0.2) is 14.8 Å². The van der Waals surface area contributed by atoms with Gasteiger partial charge >= 0.3 is 5.97 Å². The van der Waals surface area contributed by atoms with E-state index in [2.05, 4.69) is 49.8 Å². The molecule has 0 atom stereocenters. The first-order valence-electron chi connectivity index (χ1n) is 12.8. The smallest absolute Gasteiger partial charge is 0.338 e. The minimum Gasteiger partial charge on any atom is -0.494 e. The van der Waals surface area contributed by atoms with Crippen molar-refractivity contribution in [3.05, 3.63) is 76.3 Å². The fraction of sp³-hybridized carbons (Fsp3) is 0.300. The third-order valence-corrected chi connectivity index (χ3v) is 7.34. The summed E-state index contributed by atoms with van der Waals surface area (Å²) < 4.78 is 16.3. The van der Waals surface area contributed by atoms with Gasteiger partial charge in [0.2, 0.25) is 0 Å². The van der Waals surface area contributed by atoms with Crippen LogP contribution in [0.3, 0.4) is 0 Å². The molecular formula is C30H31BrN4O3. The Morgan fingerprint density at radius 1 is 1.16 bits per heavy atom. The summed E-state index contributed by atoms with van der Waals surface area (Å²) in [6, 6.07) is 14.0. The number of carbonyl (C=O) groups excluding carboxylic acids is 1. The number of methoxy groups -OCH3 is 2. The number of unbranched alkanes of at least 4 members (excludes halogenated alkanes) is 2. The van der Waals surface area contributed by atoms with Crippen molar-refractivity contribution in [2.75, 3.05) is 14.2 Å². The molecule has 0 bridgehead atoms. The number of aryl methyl sites for hydroxylation is 1. The van der Waals surface area contributed by atoms with Crippen molar-refractivity contribution in [3.63, 3.8) is 0 Å². The number of carbonyl (C=O) groups is 1. The average molecular weight is 576 g/mol. The highest BCUT2D eigenvalue weighted by atomic mass is 79.9. The number of halogens is 1. The lowest BCUT2D eigenvalue weighted by Gasteiger charge is -2.15. The van der Waals surface area contributed by atoms with Crippen LogP contribution >= 0.6 is 15.9 Å². The molecule has 0 saturated carbocycles. The van der Waals surface area contributed by atoms with Gasteiger partial charge in [0.05, 0.1) is 31.0 Å². The van der Waals surface area contributed by atoms with E-state index in [1.807, 2.05) is 24.4 Å². The highest BCUT2D eigenvalue weighted by Crippen LogP contribution is 2.38. The quantitative estimate of drug-likeness (QED) is 0.115. The van der Waals surface area contributed by atoms with Crippen LogP contribution in [-0.4, -0.2) is 40.5 Å². The molecule has 0 aliphatic carbocycles. The molecule has 0 spiro atoms. The molecule has 0 saturated heterocycles. The second-order valence-corrected chi connectivity index (χ2v) is 10.3. The predicted octanol–water partition coefficient (Wildman–Crippen LogP) is 7.12. The SMILES string of the molecule is C=CCCCCn1c(-c2nc3cc(C(=O)OC)cc(OC)c3n2Cc2cccc(Br)c2)cc2c1N=CCC2. The third-order valence-electron chi connectivity index (χ3n) is 6.85. The van der Waals surface area contributed by atoms with E-state index in [1.54, 1.807) is 19.2 Å². The van der Waals surface area contributed by atoms with E-state index in [-0.39, 0.29) is 0 Å². The molecule has 1 aliphatic rings. The van der Waals surface area contributed by atoms with Gasteiger partial charge < -0.3 is 18.6 Å². The Balaban J connectivity index is 1.73. The lowest BCUT2D eigenvalue weighted by Crippen LogP contribution is -2.08. The number of hydrogen-bond acceptors (Lipinski definition) is 5. The number of aliphatic imine (C=N–C) groups is 1. The normalized spacial score (nSPS) is 12.5. The Labute approximate surface area is 230 Å². The van der Waals surface area contributed by atoms with Crippen LogP contribution in [-0.2, 0) is 24.2 Å². The van der Waals surface area contributed by atoms with E-state index >= 15 is 0 Å². The van der Waals surface area contributed by atoms with Crippen LogP contribution in [0.1, 0.15) is 47.2 Å². The molecule has 2 aromatic carbocycles. The first-order valence-corrected chi connectivity index (χ1v) is 13.6. The predicted molar refractivity (Wildman–Crippen MR) is 155 cm³/mol. The third kappa shape index (κ3) is 5.05. The summed E-state index contributed by atoms with van der Waals surface area (Å²) in [5.41, 5.74) is 5.27. The summed E-state index contributed by atoms with van der Waals surface area (Å²) in [5, 5.41) is 0. The van der Waals surface area contributed by atoms with E-state index in [0.29, 0.717) is 23.4 Å². The summed E-state index contributed by atoms with van der Waals surface area (Å²) in [6.07, 6.45) is 8.90. The van der Waals surface area contributed by atoms with Gasteiger partial charge in [0.1, 0.15) is 17.1 Å². The van der Waals surface area contributed by atoms with Crippen LogP contribution < -0.4 is 4.74 Å². The maximum atomic E-state index is 12.4.